The Morgan fingerprint density at radius 2 is 1.73 bits per heavy atom. The summed E-state index contributed by atoms with van der Waals surface area (Å²) in [5.74, 6) is 0.478. The number of ether oxygens (including phenoxy) is 1. The molecule has 0 aliphatic carbocycles. The maximum absolute atomic E-state index is 13.4. The maximum atomic E-state index is 13.4. The number of methoxy groups -OCH3 is 1. The highest BCUT2D eigenvalue weighted by Gasteiger charge is 2.19. The van der Waals surface area contributed by atoms with E-state index in [-0.39, 0.29) is 5.76 Å². The predicted molar refractivity (Wildman–Crippen MR) is 125 cm³/mol. The first-order chi connectivity index (χ1) is 14.4. The molecule has 154 valence electrons. The van der Waals surface area contributed by atoms with E-state index in [0.717, 1.165) is 11.4 Å². The minimum Gasteiger partial charge on any atom is -0.867 e. The van der Waals surface area contributed by atoms with E-state index in [1.807, 2.05) is 67.8 Å². The van der Waals surface area contributed by atoms with Gasteiger partial charge in [-0.1, -0.05) is 42.0 Å². The van der Waals surface area contributed by atoms with E-state index in [1.165, 1.54) is 0 Å². The largest absolute Gasteiger partial charge is 0.867 e. The summed E-state index contributed by atoms with van der Waals surface area (Å²) in [5, 5.41) is 17.1. The third-order valence-corrected chi connectivity index (χ3v) is 5.00. The van der Waals surface area contributed by atoms with Crippen molar-refractivity contribution in [1.29, 1.82) is 0 Å². The van der Waals surface area contributed by atoms with E-state index in [2.05, 4.69) is 5.32 Å². The van der Waals surface area contributed by atoms with Crippen LogP contribution in [-0.2, 0) is 0 Å². The molecule has 0 spiro atoms. The monoisotopic (exact) mass is 439 g/mol. The van der Waals surface area contributed by atoms with Crippen LogP contribution < -0.4 is 24.6 Å². The quantitative estimate of drug-likeness (QED) is 0.274. The van der Waals surface area contributed by atoms with E-state index in [4.69, 9.17) is 28.6 Å². The van der Waals surface area contributed by atoms with Gasteiger partial charge < -0.3 is 20.1 Å². The van der Waals surface area contributed by atoms with Gasteiger partial charge in [-0.25, -0.2) is 0 Å². The lowest BCUT2D eigenvalue weighted by atomic mass is 10.1. The number of thiocarbonyl (C=S) groups is 1. The zero-order valence-electron chi connectivity index (χ0n) is 16.9. The highest BCUT2D eigenvalue weighted by Crippen LogP contribution is 2.21. The second-order valence-electron chi connectivity index (χ2n) is 6.73. The van der Waals surface area contributed by atoms with Crippen LogP contribution in [0.1, 0.15) is 5.56 Å². The Morgan fingerprint density at radius 1 is 1.07 bits per heavy atom. The van der Waals surface area contributed by atoms with Crippen molar-refractivity contribution in [2.75, 3.05) is 31.4 Å². The maximum Gasteiger partial charge on any atom is 0.238 e. The third kappa shape index (κ3) is 5.09. The highest BCUT2D eigenvalue weighted by atomic mass is 35.5. The van der Waals surface area contributed by atoms with E-state index < -0.39 is 0 Å². The van der Waals surface area contributed by atoms with E-state index in [9.17, 15) is 5.11 Å². The molecular weight excluding hydrogens is 418 g/mol. The molecule has 1 heterocycles. The molecule has 0 amide bonds. The van der Waals surface area contributed by atoms with Gasteiger partial charge >= 0.3 is 0 Å². The summed E-state index contributed by atoms with van der Waals surface area (Å²) < 4.78 is 6.99. The van der Waals surface area contributed by atoms with Gasteiger partial charge in [-0.15, -0.1) is 0 Å². The third-order valence-electron chi connectivity index (χ3n) is 4.45. The number of aromatic nitrogens is 1. The van der Waals surface area contributed by atoms with Crippen molar-refractivity contribution in [3.05, 3.63) is 83.6 Å². The zero-order chi connectivity index (χ0) is 21.7. The average molecular weight is 440 g/mol. The van der Waals surface area contributed by atoms with Crippen LogP contribution in [0.3, 0.4) is 0 Å². The number of nitrogens with zero attached hydrogens (tertiary/aromatic N) is 2. The number of hydrogen-bond donors (Lipinski definition) is 1. The average Bonchev–Trinajstić information content (AvgIpc) is 2.74. The molecule has 0 aliphatic rings. The Balaban J connectivity index is 2.05. The number of benzene rings is 2. The highest BCUT2D eigenvalue weighted by molar-refractivity contribution is 7.81. The van der Waals surface area contributed by atoms with Crippen LogP contribution in [-0.4, -0.2) is 26.2 Å². The second kappa shape index (κ2) is 9.61. The molecule has 0 fully saturated rings. The van der Waals surface area contributed by atoms with Gasteiger partial charge in [0.25, 0.3) is 0 Å². The molecule has 0 saturated carbocycles. The number of halogens is 1. The molecule has 7 heteroatoms. The van der Waals surface area contributed by atoms with Crippen molar-refractivity contribution in [3.8, 4) is 5.75 Å². The Kier molecular flexibility index (Phi) is 6.92. The Morgan fingerprint density at radius 3 is 2.33 bits per heavy atom. The number of anilines is 2. The van der Waals surface area contributed by atoms with Gasteiger partial charge in [0, 0.05) is 48.7 Å². The summed E-state index contributed by atoms with van der Waals surface area (Å²) in [6.45, 7) is 0. The first-order valence-corrected chi connectivity index (χ1v) is 9.99. The molecule has 3 rings (SSSR count). The van der Waals surface area contributed by atoms with Crippen LogP contribution in [0.5, 0.6) is 5.75 Å². The van der Waals surface area contributed by atoms with Crippen LogP contribution in [0.15, 0.2) is 73.1 Å². The SMILES string of the molecule is COc1cccc(NC(=S)C(=C([O-])c2ccc(Cl)cc2)[n+]2ccc(N(C)C)cc2)c1. The van der Waals surface area contributed by atoms with Gasteiger partial charge in [0.05, 0.1) is 7.11 Å². The molecule has 5 nitrogen and oxygen atoms in total. The van der Waals surface area contributed by atoms with Gasteiger partial charge in [0.2, 0.25) is 5.70 Å². The second-order valence-corrected chi connectivity index (χ2v) is 7.57. The van der Waals surface area contributed by atoms with Crippen molar-refractivity contribution >= 4 is 51.6 Å². The zero-order valence-corrected chi connectivity index (χ0v) is 18.5. The van der Waals surface area contributed by atoms with Crippen molar-refractivity contribution in [2.24, 2.45) is 0 Å². The summed E-state index contributed by atoms with van der Waals surface area (Å²) in [4.78, 5) is 2.28. The molecule has 2 aromatic carbocycles. The lowest BCUT2D eigenvalue weighted by molar-refractivity contribution is -0.577. The molecule has 30 heavy (non-hydrogen) atoms. The summed E-state index contributed by atoms with van der Waals surface area (Å²) in [5.41, 5.74) is 2.57. The molecule has 3 aromatic rings. The first-order valence-electron chi connectivity index (χ1n) is 9.20. The Bertz CT molecular complexity index is 1060. The predicted octanol–water partition coefficient (Wildman–Crippen LogP) is 3.83. The number of hydrogen-bond acceptors (Lipinski definition) is 4. The fourth-order valence-corrected chi connectivity index (χ4v) is 3.27. The van der Waals surface area contributed by atoms with Crippen LogP contribution in [0.4, 0.5) is 11.4 Å². The fraction of sp³-hybridized carbons (Fsp3) is 0.130. The lowest BCUT2D eigenvalue weighted by Gasteiger charge is -2.18. The smallest absolute Gasteiger partial charge is 0.238 e. The summed E-state index contributed by atoms with van der Waals surface area (Å²) in [6.07, 6.45) is 3.64. The van der Waals surface area contributed by atoms with Crippen LogP contribution in [0.2, 0.25) is 5.02 Å². The van der Waals surface area contributed by atoms with Crippen LogP contribution >= 0.6 is 23.8 Å². The Labute approximate surface area is 186 Å². The van der Waals surface area contributed by atoms with Gasteiger partial charge in [-0.05, 0) is 35.6 Å². The topological polar surface area (TPSA) is 51.4 Å². The Hall–Kier alpha value is -3.09. The van der Waals surface area contributed by atoms with E-state index in [0.29, 0.717) is 27.0 Å². The molecule has 0 bridgehead atoms. The molecule has 1 N–H and O–H groups in total. The summed E-state index contributed by atoms with van der Waals surface area (Å²) in [6, 6.07) is 18.0. The minimum absolute atomic E-state index is 0.213. The number of pyridine rings is 1. The van der Waals surface area contributed by atoms with Gasteiger partial charge in [-0.2, -0.15) is 4.57 Å². The molecule has 0 saturated heterocycles. The molecule has 0 unspecified atom stereocenters. The van der Waals surface area contributed by atoms with Gasteiger partial charge in [-0.3, -0.25) is 0 Å². The number of nitrogens with one attached hydrogen (secondary N) is 1. The molecular formula is C23H22ClN3O2S. The van der Waals surface area contributed by atoms with Crippen molar-refractivity contribution < 1.29 is 14.4 Å². The molecule has 0 aliphatic heterocycles. The molecule has 1 aromatic heterocycles. The minimum atomic E-state index is -0.213. The van der Waals surface area contributed by atoms with Crippen LogP contribution in [0.25, 0.3) is 11.5 Å². The van der Waals surface area contributed by atoms with Crippen molar-refractivity contribution in [1.82, 2.24) is 0 Å². The molecule has 0 radical (unpaired) electrons. The fourth-order valence-electron chi connectivity index (χ4n) is 2.83. The molecule has 0 atom stereocenters. The van der Waals surface area contributed by atoms with Crippen molar-refractivity contribution in [3.63, 3.8) is 0 Å². The number of rotatable bonds is 6. The van der Waals surface area contributed by atoms with E-state index >= 15 is 0 Å². The lowest BCUT2D eigenvalue weighted by Crippen LogP contribution is -2.40. The standard InChI is InChI=1S/C23H22ClN3O2S/c1-26(2)19-11-13-27(14-12-19)21(22(28)16-7-9-17(24)10-8-16)23(30)25-18-5-4-6-20(15-18)29-3/h4-15H,1-3H3,(H-,25,28,30). The van der Waals surface area contributed by atoms with E-state index in [1.54, 1.807) is 35.9 Å². The summed E-state index contributed by atoms with van der Waals surface area (Å²) >= 11 is 11.6. The van der Waals surface area contributed by atoms with Gasteiger partial charge in [0.15, 0.2) is 17.4 Å². The normalized spacial score (nSPS) is 11.5. The first kappa shape index (κ1) is 21.6. The summed E-state index contributed by atoms with van der Waals surface area (Å²) in [7, 11) is 5.51. The van der Waals surface area contributed by atoms with Crippen molar-refractivity contribution in [2.45, 2.75) is 0 Å². The van der Waals surface area contributed by atoms with Crippen LogP contribution in [0, 0.1) is 0 Å². The van der Waals surface area contributed by atoms with Gasteiger partial charge in [0.1, 0.15) is 5.75 Å².